The van der Waals surface area contributed by atoms with E-state index in [2.05, 4.69) is 9.97 Å². The van der Waals surface area contributed by atoms with Crippen LogP contribution >= 0.6 is 0 Å². The predicted octanol–water partition coefficient (Wildman–Crippen LogP) is 2.58. The highest BCUT2D eigenvalue weighted by Gasteiger charge is 2.32. The Morgan fingerprint density at radius 2 is 2.08 bits per heavy atom. The quantitative estimate of drug-likeness (QED) is 0.673. The Balaban J connectivity index is 2.63. The van der Waals surface area contributed by atoms with E-state index in [-0.39, 0.29) is 0 Å². The smallest absolute Gasteiger partial charge is 0.351 e. The standard InChI is InChI=1S/C8H5F3N2/c9-8(10,11)7-3-5-4-12-2-1-6(5)13-7/h1-4,13H. The van der Waals surface area contributed by atoms with Gasteiger partial charge in [0.2, 0.25) is 0 Å². The third kappa shape index (κ3) is 1.37. The van der Waals surface area contributed by atoms with Gasteiger partial charge >= 0.3 is 6.18 Å². The Kier molecular flexibility index (Phi) is 1.55. The number of aromatic amines is 1. The number of aromatic nitrogens is 2. The summed E-state index contributed by atoms with van der Waals surface area (Å²) in [4.78, 5) is 5.99. The fourth-order valence-electron chi connectivity index (χ4n) is 1.12. The molecule has 13 heavy (non-hydrogen) atoms. The van der Waals surface area contributed by atoms with Crippen LogP contribution in [0.4, 0.5) is 13.2 Å². The van der Waals surface area contributed by atoms with Gasteiger partial charge in [0.25, 0.3) is 0 Å². The first-order chi connectivity index (χ1) is 6.07. The van der Waals surface area contributed by atoms with Crippen molar-refractivity contribution in [1.29, 1.82) is 0 Å². The van der Waals surface area contributed by atoms with Gasteiger partial charge in [-0.25, -0.2) is 0 Å². The summed E-state index contributed by atoms with van der Waals surface area (Å²) in [5.74, 6) is 0. The van der Waals surface area contributed by atoms with Crippen LogP contribution in [-0.2, 0) is 6.18 Å². The highest BCUT2D eigenvalue weighted by molar-refractivity contribution is 5.79. The molecule has 0 fully saturated rings. The van der Waals surface area contributed by atoms with Crippen molar-refractivity contribution in [2.75, 3.05) is 0 Å². The number of nitrogens with one attached hydrogen (secondary N) is 1. The van der Waals surface area contributed by atoms with Gasteiger partial charge in [0.15, 0.2) is 0 Å². The first kappa shape index (κ1) is 8.10. The van der Waals surface area contributed by atoms with Crippen molar-refractivity contribution in [2.45, 2.75) is 6.18 Å². The van der Waals surface area contributed by atoms with E-state index in [1.54, 1.807) is 0 Å². The fraction of sp³-hybridized carbons (Fsp3) is 0.125. The molecular formula is C8H5F3N2. The summed E-state index contributed by atoms with van der Waals surface area (Å²) >= 11 is 0. The molecule has 68 valence electrons. The minimum atomic E-state index is -4.32. The maximum atomic E-state index is 12.2. The van der Waals surface area contributed by atoms with Gasteiger partial charge in [-0.3, -0.25) is 4.98 Å². The van der Waals surface area contributed by atoms with Crippen molar-refractivity contribution in [1.82, 2.24) is 9.97 Å². The van der Waals surface area contributed by atoms with Crippen LogP contribution in [0.25, 0.3) is 10.9 Å². The average molecular weight is 186 g/mol. The van der Waals surface area contributed by atoms with E-state index >= 15 is 0 Å². The van der Waals surface area contributed by atoms with Crippen LogP contribution < -0.4 is 0 Å². The van der Waals surface area contributed by atoms with Crippen molar-refractivity contribution in [3.63, 3.8) is 0 Å². The Hall–Kier alpha value is -1.52. The topological polar surface area (TPSA) is 28.7 Å². The zero-order chi connectivity index (χ0) is 9.47. The van der Waals surface area contributed by atoms with Crippen molar-refractivity contribution in [3.05, 3.63) is 30.2 Å². The maximum Gasteiger partial charge on any atom is 0.431 e. The Labute approximate surface area is 71.4 Å². The number of hydrogen-bond donors (Lipinski definition) is 1. The van der Waals surface area contributed by atoms with Gasteiger partial charge < -0.3 is 4.98 Å². The normalized spacial score (nSPS) is 12.2. The number of nitrogens with zero attached hydrogens (tertiary/aromatic N) is 1. The van der Waals surface area contributed by atoms with Gasteiger partial charge in [0, 0.05) is 23.3 Å². The van der Waals surface area contributed by atoms with Gasteiger partial charge in [-0.1, -0.05) is 0 Å². The number of halogens is 3. The molecule has 0 aliphatic rings. The van der Waals surface area contributed by atoms with E-state index < -0.39 is 11.9 Å². The molecule has 5 heteroatoms. The van der Waals surface area contributed by atoms with Crippen LogP contribution in [0.1, 0.15) is 5.69 Å². The molecule has 2 heterocycles. The maximum absolute atomic E-state index is 12.2. The van der Waals surface area contributed by atoms with Gasteiger partial charge in [0.1, 0.15) is 5.69 Å². The molecule has 2 rings (SSSR count). The lowest BCUT2D eigenvalue weighted by Crippen LogP contribution is -2.04. The molecule has 2 nitrogen and oxygen atoms in total. The van der Waals surface area contributed by atoms with Crippen molar-refractivity contribution >= 4 is 10.9 Å². The minimum absolute atomic E-state index is 0.447. The number of hydrogen-bond acceptors (Lipinski definition) is 1. The molecule has 0 aliphatic carbocycles. The van der Waals surface area contributed by atoms with Gasteiger partial charge in [-0.15, -0.1) is 0 Å². The number of pyridine rings is 1. The average Bonchev–Trinajstić information content (AvgIpc) is 2.45. The Morgan fingerprint density at radius 1 is 1.31 bits per heavy atom. The van der Waals surface area contributed by atoms with Crippen LogP contribution in [0, 0.1) is 0 Å². The number of fused-ring (bicyclic) bond motifs is 1. The molecular weight excluding hydrogens is 181 g/mol. The van der Waals surface area contributed by atoms with Crippen molar-refractivity contribution in [2.24, 2.45) is 0 Å². The molecule has 0 aromatic carbocycles. The largest absolute Gasteiger partial charge is 0.431 e. The van der Waals surface area contributed by atoms with Crippen molar-refractivity contribution < 1.29 is 13.2 Å². The molecule has 0 aliphatic heterocycles. The zero-order valence-electron chi connectivity index (χ0n) is 6.39. The number of rotatable bonds is 0. The van der Waals surface area contributed by atoms with E-state index in [4.69, 9.17) is 0 Å². The van der Waals surface area contributed by atoms with Crippen LogP contribution in [0.5, 0.6) is 0 Å². The molecule has 0 saturated heterocycles. The zero-order valence-corrected chi connectivity index (χ0v) is 6.39. The molecule has 0 atom stereocenters. The molecule has 1 N–H and O–H groups in total. The van der Waals surface area contributed by atoms with Gasteiger partial charge in [0.05, 0.1) is 0 Å². The SMILES string of the molecule is FC(F)(F)c1cc2cnccc2[nH]1. The molecule has 0 spiro atoms. The number of H-pyrrole nitrogens is 1. The molecule has 0 bridgehead atoms. The second-order valence-electron chi connectivity index (χ2n) is 2.64. The highest BCUT2D eigenvalue weighted by Crippen LogP contribution is 2.30. The second kappa shape index (κ2) is 2.48. The third-order valence-electron chi connectivity index (χ3n) is 1.73. The molecule has 2 aromatic heterocycles. The third-order valence-corrected chi connectivity index (χ3v) is 1.73. The van der Waals surface area contributed by atoms with Crippen LogP contribution in [0.2, 0.25) is 0 Å². The van der Waals surface area contributed by atoms with E-state index in [1.165, 1.54) is 18.5 Å². The lowest BCUT2D eigenvalue weighted by molar-refractivity contribution is -0.140. The Bertz CT molecular complexity index is 397. The first-order valence-corrected chi connectivity index (χ1v) is 3.57. The van der Waals surface area contributed by atoms with Gasteiger partial charge in [-0.05, 0) is 12.1 Å². The summed E-state index contributed by atoms with van der Waals surface area (Å²) in [5.41, 5.74) is -0.294. The highest BCUT2D eigenvalue weighted by atomic mass is 19.4. The molecule has 0 unspecified atom stereocenters. The molecule has 0 saturated carbocycles. The van der Waals surface area contributed by atoms with E-state index in [9.17, 15) is 13.2 Å². The molecule has 2 aromatic rings. The van der Waals surface area contributed by atoms with Crippen LogP contribution in [0.3, 0.4) is 0 Å². The summed E-state index contributed by atoms with van der Waals surface area (Å²) in [5, 5.41) is 0.467. The molecule has 0 radical (unpaired) electrons. The number of alkyl halides is 3. The lowest BCUT2D eigenvalue weighted by Gasteiger charge is -2.00. The van der Waals surface area contributed by atoms with E-state index in [1.807, 2.05) is 0 Å². The summed E-state index contributed by atoms with van der Waals surface area (Å²) in [6.07, 6.45) is -1.49. The summed E-state index contributed by atoms with van der Waals surface area (Å²) in [7, 11) is 0. The van der Waals surface area contributed by atoms with Crippen LogP contribution in [0.15, 0.2) is 24.5 Å². The molecule has 0 amide bonds. The second-order valence-corrected chi connectivity index (χ2v) is 2.64. The van der Waals surface area contributed by atoms with E-state index in [0.717, 1.165) is 6.07 Å². The lowest BCUT2D eigenvalue weighted by atomic mass is 10.3. The fourth-order valence-corrected chi connectivity index (χ4v) is 1.12. The predicted molar refractivity (Wildman–Crippen MR) is 41.1 cm³/mol. The summed E-state index contributed by atoms with van der Waals surface area (Å²) in [6, 6.07) is 2.55. The van der Waals surface area contributed by atoms with Crippen molar-refractivity contribution in [3.8, 4) is 0 Å². The first-order valence-electron chi connectivity index (χ1n) is 3.57. The monoisotopic (exact) mass is 186 g/mol. The Morgan fingerprint density at radius 3 is 2.69 bits per heavy atom. The summed E-state index contributed by atoms with van der Waals surface area (Å²) in [6.45, 7) is 0. The minimum Gasteiger partial charge on any atom is -0.351 e. The summed E-state index contributed by atoms with van der Waals surface area (Å²) < 4.78 is 36.5. The van der Waals surface area contributed by atoms with E-state index in [0.29, 0.717) is 10.9 Å². The van der Waals surface area contributed by atoms with Gasteiger partial charge in [-0.2, -0.15) is 13.2 Å². The van der Waals surface area contributed by atoms with Crippen LogP contribution in [-0.4, -0.2) is 9.97 Å².